The smallest absolute Gasteiger partial charge is 0.286 e. The molecule has 2 aliphatic heterocycles. The number of non-ortho nitro benzene ring substituents is 1. The number of carbonyl (C=O) groups is 1. The molecule has 0 bridgehead atoms. The third-order valence-electron chi connectivity index (χ3n) is 5.85. The quantitative estimate of drug-likeness (QED) is 0.278. The molecule has 182 valence electrons. The third-order valence-corrected chi connectivity index (χ3v) is 6.90. The summed E-state index contributed by atoms with van der Waals surface area (Å²) < 4.78 is 5.78. The highest BCUT2D eigenvalue weighted by molar-refractivity contribution is 8.18. The van der Waals surface area contributed by atoms with Crippen molar-refractivity contribution < 1.29 is 19.1 Å². The summed E-state index contributed by atoms with van der Waals surface area (Å²) in [6.45, 7) is 2.65. The van der Waals surface area contributed by atoms with Gasteiger partial charge in [-0.2, -0.15) is 4.99 Å². The van der Waals surface area contributed by atoms with Gasteiger partial charge in [0.05, 0.1) is 20.3 Å². The first kappa shape index (κ1) is 23.3. The zero-order chi connectivity index (χ0) is 25.2. The SMILES string of the molecule is O=C1N=C(N2CCN(c3ccc([N+](=O)[O-])cc3)CC2)S/C1=C\c1ccc(-c2ccccc2[N+](=O)[O-])o1. The number of para-hydroxylation sites is 1. The predicted molar refractivity (Wildman–Crippen MR) is 136 cm³/mol. The van der Waals surface area contributed by atoms with Crippen molar-refractivity contribution in [1.29, 1.82) is 0 Å². The maximum absolute atomic E-state index is 12.5. The average Bonchev–Trinajstić information content (AvgIpc) is 3.51. The Hall–Kier alpha value is -4.45. The summed E-state index contributed by atoms with van der Waals surface area (Å²) in [6, 6.07) is 16.1. The second-order valence-corrected chi connectivity index (χ2v) is 9.04. The van der Waals surface area contributed by atoms with E-state index in [2.05, 4.69) is 9.89 Å². The van der Waals surface area contributed by atoms with Crippen LogP contribution in [0.15, 0.2) is 75.0 Å². The molecular formula is C24H19N5O6S. The number of anilines is 1. The van der Waals surface area contributed by atoms with Crippen molar-refractivity contribution in [2.75, 3.05) is 31.1 Å². The van der Waals surface area contributed by atoms with Crippen LogP contribution in [-0.2, 0) is 4.79 Å². The number of aliphatic imine (C=N–C) groups is 1. The molecule has 0 unspecified atom stereocenters. The molecule has 1 saturated heterocycles. The lowest BCUT2D eigenvalue weighted by atomic mass is 10.1. The summed E-state index contributed by atoms with van der Waals surface area (Å²) >= 11 is 1.26. The van der Waals surface area contributed by atoms with Crippen LogP contribution < -0.4 is 4.90 Å². The number of rotatable bonds is 5. The van der Waals surface area contributed by atoms with Gasteiger partial charge >= 0.3 is 0 Å². The molecule has 5 rings (SSSR count). The monoisotopic (exact) mass is 505 g/mol. The molecule has 11 nitrogen and oxygen atoms in total. The maximum Gasteiger partial charge on any atom is 0.286 e. The van der Waals surface area contributed by atoms with Crippen molar-refractivity contribution in [2.24, 2.45) is 4.99 Å². The molecule has 0 radical (unpaired) electrons. The van der Waals surface area contributed by atoms with Crippen LogP contribution in [0.2, 0.25) is 0 Å². The highest BCUT2D eigenvalue weighted by Gasteiger charge is 2.29. The van der Waals surface area contributed by atoms with Gasteiger partial charge in [-0.3, -0.25) is 25.0 Å². The van der Waals surface area contributed by atoms with Crippen molar-refractivity contribution in [1.82, 2.24) is 4.90 Å². The number of furan rings is 1. The fourth-order valence-electron chi connectivity index (χ4n) is 4.02. The third kappa shape index (κ3) is 4.70. The summed E-state index contributed by atoms with van der Waals surface area (Å²) in [4.78, 5) is 42.6. The van der Waals surface area contributed by atoms with Gasteiger partial charge in [-0.25, -0.2) is 0 Å². The van der Waals surface area contributed by atoms with Gasteiger partial charge in [0.25, 0.3) is 17.3 Å². The molecule has 2 aliphatic rings. The number of hydrogen-bond donors (Lipinski definition) is 0. The van der Waals surface area contributed by atoms with E-state index in [9.17, 15) is 25.0 Å². The first-order chi connectivity index (χ1) is 17.4. The lowest BCUT2D eigenvalue weighted by Gasteiger charge is -2.36. The number of benzene rings is 2. The molecule has 0 N–H and O–H groups in total. The van der Waals surface area contributed by atoms with Gasteiger partial charge in [0.1, 0.15) is 11.5 Å². The number of nitro benzene ring substituents is 2. The maximum atomic E-state index is 12.5. The Morgan fingerprint density at radius 3 is 2.28 bits per heavy atom. The summed E-state index contributed by atoms with van der Waals surface area (Å²) in [7, 11) is 0. The van der Waals surface area contributed by atoms with E-state index in [1.54, 1.807) is 48.5 Å². The number of amidine groups is 1. The van der Waals surface area contributed by atoms with Gasteiger partial charge in [-0.1, -0.05) is 12.1 Å². The predicted octanol–water partition coefficient (Wildman–Crippen LogP) is 4.56. The standard InChI is InChI=1S/C24H19N5O6S/c30-23-22(15-18-9-10-21(35-18)19-3-1-2-4-20(19)29(33)34)36-24(25-23)27-13-11-26(12-14-27)16-5-7-17(8-6-16)28(31)32/h1-10,15H,11-14H2/b22-15-. The van der Waals surface area contributed by atoms with E-state index in [4.69, 9.17) is 4.42 Å². The number of piperazine rings is 1. The van der Waals surface area contributed by atoms with Crippen LogP contribution in [0.5, 0.6) is 0 Å². The zero-order valence-corrected chi connectivity index (χ0v) is 19.6. The first-order valence-electron chi connectivity index (χ1n) is 11.0. The minimum absolute atomic E-state index is 0.0533. The second kappa shape index (κ2) is 9.66. The number of nitrogens with zero attached hydrogens (tertiary/aromatic N) is 5. The van der Waals surface area contributed by atoms with Gasteiger partial charge in [0, 0.05) is 56.1 Å². The number of nitro groups is 2. The Morgan fingerprint density at radius 1 is 0.889 bits per heavy atom. The molecule has 3 heterocycles. The number of thioether (sulfide) groups is 1. The molecule has 36 heavy (non-hydrogen) atoms. The van der Waals surface area contributed by atoms with Crippen LogP contribution in [0.25, 0.3) is 17.4 Å². The van der Waals surface area contributed by atoms with Gasteiger partial charge in [-0.15, -0.1) is 0 Å². The van der Waals surface area contributed by atoms with Gasteiger partial charge < -0.3 is 14.2 Å². The van der Waals surface area contributed by atoms with Crippen molar-refractivity contribution in [3.8, 4) is 11.3 Å². The van der Waals surface area contributed by atoms with Crippen molar-refractivity contribution >= 4 is 46.0 Å². The van der Waals surface area contributed by atoms with Crippen molar-refractivity contribution in [3.63, 3.8) is 0 Å². The lowest BCUT2D eigenvalue weighted by molar-refractivity contribution is -0.384. The topological polar surface area (TPSA) is 135 Å². The van der Waals surface area contributed by atoms with Crippen molar-refractivity contribution in [2.45, 2.75) is 0 Å². The lowest BCUT2D eigenvalue weighted by Crippen LogP contribution is -2.47. The Kier molecular flexibility index (Phi) is 6.25. The Morgan fingerprint density at radius 2 is 1.58 bits per heavy atom. The van der Waals surface area contributed by atoms with E-state index in [0.29, 0.717) is 53.3 Å². The van der Waals surface area contributed by atoms with Gasteiger partial charge in [0.2, 0.25) is 0 Å². The van der Waals surface area contributed by atoms with Crippen molar-refractivity contribution in [3.05, 3.63) is 91.6 Å². The van der Waals surface area contributed by atoms with Gasteiger partial charge in [-0.05, 0) is 42.1 Å². The van der Waals surface area contributed by atoms with E-state index in [1.807, 2.05) is 4.90 Å². The van der Waals surface area contributed by atoms with Crippen LogP contribution >= 0.6 is 11.8 Å². The van der Waals surface area contributed by atoms with E-state index < -0.39 is 9.85 Å². The minimum Gasteiger partial charge on any atom is -0.456 e. The molecule has 3 aromatic rings. The highest BCUT2D eigenvalue weighted by Crippen LogP contribution is 2.34. The zero-order valence-electron chi connectivity index (χ0n) is 18.8. The summed E-state index contributed by atoms with van der Waals surface area (Å²) in [5.41, 5.74) is 1.26. The molecule has 0 atom stereocenters. The molecule has 0 spiro atoms. The van der Waals surface area contributed by atoms with Crippen LogP contribution in [0.3, 0.4) is 0 Å². The fourth-order valence-corrected chi connectivity index (χ4v) is 4.96. The molecule has 2 aromatic carbocycles. The Balaban J connectivity index is 1.23. The molecular weight excluding hydrogens is 486 g/mol. The van der Waals surface area contributed by atoms with Crippen LogP contribution in [0.1, 0.15) is 5.76 Å². The summed E-state index contributed by atoms with van der Waals surface area (Å²) in [5.74, 6) is 0.378. The van der Waals surface area contributed by atoms with Crippen LogP contribution in [-0.4, -0.2) is 52.0 Å². The largest absolute Gasteiger partial charge is 0.456 e. The molecule has 12 heteroatoms. The normalized spacial score (nSPS) is 16.9. The number of carbonyl (C=O) groups excluding carboxylic acids is 1. The number of hydrogen-bond acceptors (Lipinski definition) is 9. The van der Waals surface area contributed by atoms with E-state index >= 15 is 0 Å². The van der Waals surface area contributed by atoms with Crippen LogP contribution in [0, 0.1) is 20.2 Å². The van der Waals surface area contributed by atoms with Gasteiger partial charge in [0.15, 0.2) is 5.17 Å². The van der Waals surface area contributed by atoms with E-state index in [1.165, 1.54) is 30.0 Å². The minimum atomic E-state index is -0.464. The summed E-state index contributed by atoms with van der Waals surface area (Å²) in [6.07, 6.45) is 1.59. The van der Waals surface area contributed by atoms with E-state index in [0.717, 1.165) is 5.69 Å². The van der Waals surface area contributed by atoms with E-state index in [-0.39, 0.29) is 17.3 Å². The molecule has 0 saturated carbocycles. The average molecular weight is 506 g/mol. The Bertz CT molecular complexity index is 1410. The molecule has 1 aromatic heterocycles. The fraction of sp³-hybridized carbons (Fsp3) is 0.167. The Labute approximate surface area is 209 Å². The molecule has 1 amide bonds. The second-order valence-electron chi connectivity index (χ2n) is 8.03. The van der Waals surface area contributed by atoms with Crippen LogP contribution in [0.4, 0.5) is 17.1 Å². The molecule has 0 aliphatic carbocycles. The molecule has 1 fully saturated rings. The summed E-state index contributed by atoms with van der Waals surface area (Å²) in [5, 5.41) is 22.8. The number of amides is 1. The highest BCUT2D eigenvalue weighted by atomic mass is 32.2. The first-order valence-corrected chi connectivity index (χ1v) is 11.8.